The average Bonchev–Trinajstić information content (AvgIpc) is 3.60. The molecule has 2 saturated heterocycles. The molecular weight excluding hydrogens is 1040 g/mol. The van der Waals surface area contributed by atoms with Gasteiger partial charge in [-0.05, 0) is 125 Å². The van der Waals surface area contributed by atoms with Gasteiger partial charge in [-0.3, -0.25) is 9.59 Å². The lowest BCUT2D eigenvalue weighted by Gasteiger charge is -2.35. The molecule has 2 amide bonds. The Bertz CT molecular complexity index is 2790. The van der Waals surface area contributed by atoms with Crippen molar-refractivity contribution in [2.45, 2.75) is 90.1 Å². The van der Waals surface area contributed by atoms with Gasteiger partial charge in [0, 0.05) is 99.5 Å². The van der Waals surface area contributed by atoms with Crippen LogP contribution in [0.5, 0.6) is 23.0 Å². The minimum atomic E-state index is 0.0445. The number of nitrogens with one attached hydrogen (secondary N) is 4. The minimum Gasteiger partial charge on any atom is -0.493 e. The van der Waals surface area contributed by atoms with E-state index in [0.29, 0.717) is 132 Å². The molecule has 4 heterocycles. The lowest BCUT2D eigenvalue weighted by Crippen LogP contribution is -2.49. The van der Waals surface area contributed by atoms with E-state index < -0.39 is 0 Å². The molecule has 8 rings (SSSR count). The summed E-state index contributed by atoms with van der Waals surface area (Å²) in [6.07, 6.45) is 14.6. The monoisotopic (exact) mass is 1120 g/mol. The van der Waals surface area contributed by atoms with Crippen LogP contribution in [0, 0.1) is 0 Å². The third kappa shape index (κ3) is 17.2. The Kier molecular flexibility index (Phi) is 23.6. The number of ether oxygens (including phenoxy) is 4. The second-order valence-electron chi connectivity index (χ2n) is 21.3. The highest BCUT2D eigenvalue weighted by Gasteiger charge is 2.27. The summed E-state index contributed by atoms with van der Waals surface area (Å²) in [5, 5.41) is 15.9. The number of rotatable bonds is 33. The molecule has 20 nitrogen and oxygen atoms in total. The van der Waals surface area contributed by atoms with Crippen molar-refractivity contribution in [2.24, 2.45) is 0 Å². The number of fused-ring (bicyclic) bond motifs is 2. The Balaban J connectivity index is 0.571. The quantitative estimate of drug-likeness (QED) is 0.0220. The van der Waals surface area contributed by atoms with E-state index in [-0.39, 0.29) is 11.8 Å². The Hall–Kier alpha value is -7.26. The first-order chi connectivity index (χ1) is 40.2. The van der Waals surface area contributed by atoms with Crippen LogP contribution < -0.4 is 61.5 Å². The molecule has 2 aliphatic rings. The summed E-state index contributed by atoms with van der Waals surface area (Å²) in [5.74, 6) is 4.23. The van der Waals surface area contributed by atoms with Crippen molar-refractivity contribution in [1.82, 2.24) is 51.0 Å². The van der Waals surface area contributed by atoms with Crippen molar-refractivity contribution >= 4 is 57.2 Å². The lowest BCUT2D eigenvalue weighted by molar-refractivity contribution is 0.0738. The highest BCUT2D eigenvalue weighted by atomic mass is 16.5. The zero-order valence-corrected chi connectivity index (χ0v) is 48.9. The first-order valence-electron chi connectivity index (χ1n) is 29.6. The van der Waals surface area contributed by atoms with Gasteiger partial charge in [0.1, 0.15) is 11.6 Å². The van der Waals surface area contributed by atoms with Gasteiger partial charge in [-0.2, -0.15) is 9.97 Å². The van der Waals surface area contributed by atoms with Crippen molar-refractivity contribution in [3.8, 4) is 23.0 Å². The smallest absolute Gasteiger partial charge is 0.253 e. The van der Waals surface area contributed by atoms with Gasteiger partial charge < -0.3 is 71.3 Å². The molecule has 0 unspecified atom stereocenters. The number of piperazine rings is 2. The van der Waals surface area contributed by atoms with Crippen LogP contribution in [0.1, 0.15) is 109 Å². The van der Waals surface area contributed by atoms with Crippen LogP contribution in [0.15, 0.2) is 72.8 Å². The van der Waals surface area contributed by atoms with Crippen LogP contribution in [0.25, 0.3) is 21.8 Å². The number of hydrogen-bond donors (Lipinski definition) is 6. The molecule has 2 aliphatic heterocycles. The van der Waals surface area contributed by atoms with E-state index >= 15 is 0 Å². The van der Waals surface area contributed by atoms with Gasteiger partial charge >= 0.3 is 0 Å². The van der Waals surface area contributed by atoms with Crippen molar-refractivity contribution in [1.29, 1.82) is 0 Å². The number of aromatic nitrogens is 4. The number of nitrogens with two attached hydrogens (primary N) is 2. The Labute approximate surface area is 484 Å². The maximum atomic E-state index is 13.5. The van der Waals surface area contributed by atoms with E-state index in [1.54, 1.807) is 40.6 Å². The predicted molar refractivity (Wildman–Crippen MR) is 328 cm³/mol. The number of carbonyl (C=O) groups is 2. The highest BCUT2D eigenvalue weighted by Crippen LogP contribution is 2.36. The zero-order valence-electron chi connectivity index (χ0n) is 48.9. The third-order valence-corrected chi connectivity index (χ3v) is 15.5. The number of unbranched alkanes of at least 4 members (excludes halogenated alkanes) is 9. The number of methoxy groups -OCH3 is 4. The van der Waals surface area contributed by atoms with Crippen molar-refractivity contribution < 1.29 is 28.5 Å². The van der Waals surface area contributed by atoms with Crippen LogP contribution in [-0.4, -0.2) is 162 Å². The first-order valence-corrected chi connectivity index (χ1v) is 29.6. The molecule has 0 saturated carbocycles. The average molecular weight is 1130 g/mol. The molecule has 0 radical (unpaired) electrons. The van der Waals surface area contributed by atoms with Gasteiger partial charge in [0.05, 0.1) is 39.5 Å². The molecule has 0 bridgehead atoms. The zero-order chi connectivity index (χ0) is 57.5. The van der Waals surface area contributed by atoms with Crippen LogP contribution in [0.4, 0.5) is 23.5 Å². The van der Waals surface area contributed by atoms with E-state index in [9.17, 15) is 9.59 Å². The number of nitrogens with zero attached hydrogens (tertiary/aromatic N) is 8. The molecular formula is C62H88N14O6. The number of hydrogen-bond acceptors (Lipinski definition) is 18. The number of amides is 2. The maximum absolute atomic E-state index is 13.5. The Morgan fingerprint density at radius 1 is 0.427 bits per heavy atom. The van der Waals surface area contributed by atoms with Crippen molar-refractivity contribution in [3.63, 3.8) is 0 Å². The molecule has 2 fully saturated rings. The van der Waals surface area contributed by atoms with Crippen LogP contribution in [-0.2, 0) is 13.1 Å². The molecule has 4 aromatic carbocycles. The summed E-state index contributed by atoms with van der Waals surface area (Å²) < 4.78 is 21.8. The Morgan fingerprint density at radius 2 is 0.756 bits per heavy atom. The number of benzene rings is 4. The summed E-state index contributed by atoms with van der Waals surface area (Å²) in [4.78, 5) is 53.7. The third-order valence-electron chi connectivity index (χ3n) is 15.5. The minimum absolute atomic E-state index is 0.0445. The second kappa shape index (κ2) is 31.8. The van der Waals surface area contributed by atoms with E-state index in [1.807, 2.05) is 58.3 Å². The van der Waals surface area contributed by atoms with Gasteiger partial charge in [0.25, 0.3) is 11.8 Å². The summed E-state index contributed by atoms with van der Waals surface area (Å²) >= 11 is 0. The molecule has 20 heteroatoms. The Morgan fingerprint density at radius 3 is 1.10 bits per heavy atom. The lowest BCUT2D eigenvalue weighted by atomic mass is 10.1. The molecule has 2 aromatic heterocycles. The molecule has 82 heavy (non-hydrogen) atoms. The van der Waals surface area contributed by atoms with E-state index in [0.717, 1.165) is 76.3 Å². The fourth-order valence-electron chi connectivity index (χ4n) is 10.7. The number of anilines is 4. The van der Waals surface area contributed by atoms with Crippen molar-refractivity contribution in [2.75, 3.05) is 141 Å². The van der Waals surface area contributed by atoms with Gasteiger partial charge in [0.15, 0.2) is 23.0 Å². The molecule has 0 spiro atoms. The van der Waals surface area contributed by atoms with Gasteiger partial charge in [-0.15, -0.1) is 0 Å². The topological polar surface area (TPSA) is 236 Å². The summed E-state index contributed by atoms with van der Waals surface area (Å²) in [5.41, 5.74) is 17.7. The van der Waals surface area contributed by atoms with E-state index in [4.69, 9.17) is 40.4 Å². The molecule has 442 valence electrons. The van der Waals surface area contributed by atoms with Gasteiger partial charge in [-0.25, -0.2) is 9.97 Å². The SMILES string of the molecule is COc1cc2nc(N3CCN(C(=O)c4cccc(CNCCCCCCNCCCCCCNCCCCCCNCc5cccc(C(=O)N6CCN(c7nc(N)c8cc(OC)c(OC)cc8n7)CC6)c5)c4)CC3)nc(N)c2cc1OC. The van der Waals surface area contributed by atoms with Crippen LogP contribution in [0.2, 0.25) is 0 Å². The molecule has 0 aliphatic carbocycles. The highest BCUT2D eigenvalue weighted by molar-refractivity contribution is 5.96. The fraction of sp³-hybridized carbons (Fsp3) is 0.516. The van der Waals surface area contributed by atoms with Crippen molar-refractivity contribution in [3.05, 3.63) is 95.1 Å². The first kappa shape index (κ1) is 60.8. The predicted octanol–water partition coefficient (Wildman–Crippen LogP) is 7.44. The summed E-state index contributed by atoms with van der Waals surface area (Å²) in [6, 6.07) is 23.2. The maximum Gasteiger partial charge on any atom is 0.253 e. The van der Waals surface area contributed by atoms with E-state index in [1.165, 1.54) is 64.2 Å². The fourth-order valence-corrected chi connectivity index (χ4v) is 10.7. The van der Waals surface area contributed by atoms with Crippen LogP contribution >= 0.6 is 0 Å². The van der Waals surface area contributed by atoms with E-state index in [2.05, 4.69) is 53.2 Å². The molecule has 0 atom stereocenters. The summed E-state index contributed by atoms with van der Waals surface area (Å²) in [6.45, 7) is 12.5. The summed E-state index contributed by atoms with van der Waals surface area (Å²) in [7, 11) is 6.36. The van der Waals surface area contributed by atoms with Crippen LogP contribution in [0.3, 0.4) is 0 Å². The standard InChI is InChI=1S/C62H88N14O6/c1-79-53-39-49-51(41-55(53)81-3)69-61(71-57(49)63)75-33-29-73(30-34-75)59(77)47-21-17-19-45(37-47)43-67-27-15-9-7-13-25-65-23-11-5-6-12-24-66-26-14-8-10-16-28-68-44-46-20-18-22-48(38-46)60(78)74-31-35-76(36-32-74)62-70-52-42-56(82-4)54(80-2)40-50(52)58(64)72-62/h17-22,37-42,65-68H,5-16,23-36,43-44H2,1-4H3,(H2,63,69,71)(H2,64,70,72). The second-order valence-corrected chi connectivity index (χ2v) is 21.3. The number of nitrogen functional groups attached to an aromatic ring is 2. The normalized spacial score (nSPS) is 13.8. The molecule has 6 aromatic rings. The largest absolute Gasteiger partial charge is 0.493 e. The number of carbonyl (C=O) groups excluding carboxylic acids is 2. The van der Waals surface area contributed by atoms with Gasteiger partial charge in [0.2, 0.25) is 11.9 Å². The molecule has 8 N–H and O–H groups in total. The van der Waals surface area contributed by atoms with Gasteiger partial charge in [-0.1, -0.05) is 62.8 Å².